The van der Waals surface area contributed by atoms with Crippen molar-refractivity contribution in [2.75, 3.05) is 5.32 Å². The summed E-state index contributed by atoms with van der Waals surface area (Å²) in [7, 11) is 0. The van der Waals surface area contributed by atoms with Crippen LogP contribution < -0.4 is 15.8 Å². The Morgan fingerprint density at radius 3 is 2.43 bits per heavy atom. The van der Waals surface area contributed by atoms with Crippen molar-refractivity contribution in [3.05, 3.63) is 47.4 Å². The monoisotopic (exact) mass is 327 g/mol. The third-order valence-corrected chi connectivity index (χ3v) is 2.92. The molecule has 0 saturated heterocycles. The molecule has 0 fully saturated rings. The summed E-state index contributed by atoms with van der Waals surface area (Å²) in [4.78, 5) is 4.16. The van der Waals surface area contributed by atoms with E-state index in [0.717, 1.165) is 17.1 Å². The number of aliphatic imine (C=N–C) groups is 1. The molecule has 3 N–H and O–H groups in total. The van der Waals surface area contributed by atoms with Gasteiger partial charge in [-0.05, 0) is 44.2 Å². The highest BCUT2D eigenvalue weighted by Gasteiger charge is 2.30. The van der Waals surface area contributed by atoms with Crippen LogP contribution >= 0.6 is 0 Å². The quantitative estimate of drug-likeness (QED) is 0.663. The lowest BCUT2D eigenvalue weighted by Gasteiger charge is -2.10. The molecule has 0 atom stereocenters. The van der Waals surface area contributed by atoms with Gasteiger partial charge in [0.25, 0.3) is 0 Å². The summed E-state index contributed by atoms with van der Waals surface area (Å²) < 4.78 is 45.4. The average molecular weight is 327 g/mol. The summed E-state index contributed by atoms with van der Waals surface area (Å²) in [6.45, 7) is 4.02. The lowest BCUT2D eigenvalue weighted by molar-refractivity contribution is -0.274. The van der Waals surface area contributed by atoms with Gasteiger partial charge in [-0.1, -0.05) is 0 Å². The molecule has 1 heterocycles. The number of benzene rings is 1. The number of guanidine groups is 1. The molecule has 0 unspecified atom stereocenters. The zero-order valence-electron chi connectivity index (χ0n) is 12.6. The Hall–Kier alpha value is -2.64. The van der Waals surface area contributed by atoms with Gasteiger partial charge in [-0.3, -0.25) is 0 Å². The van der Waals surface area contributed by atoms with E-state index in [1.54, 1.807) is 0 Å². The third kappa shape index (κ3) is 5.24. The lowest BCUT2D eigenvalue weighted by Crippen LogP contribution is -2.22. The van der Waals surface area contributed by atoms with Crippen molar-refractivity contribution in [3.63, 3.8) is 0 Å². The van der Waals surface area contributed by atoms with Crippen LogP contribution in [0, 0.1) is 13.8 Å². The van der Waals surface area contributed by atoms with Crippen LogP contribution in [0.15, 0.2) is 39.7 Å². The van der Waals surface area contributed by atoms with Crippen molar-refractivity contribution >= 4 is 11.6 Å². The minimum Gasteiger partial charge on any atom is -0.466 e. The number of furan rings is 1. The Kier molecular flexibility index (Phi) is 4.83. The van der Waals surface area contributed by atoms with E-state index >= 15 is 0 Å². The normalized spacial score (nSPS) is 12.3. The van der Waals surface area contributed by atoms with Crippen LogP contribution in [-0.4, -0.2) is 12.3 Å². The van der Waals surface area contributed by atoms with E-state index in [0.29, 0.717) is 12.2 Å². The van der Waals surface area contributed by atoms with Gasteiger partial charge in [-0.15, -0.1) is 13.2 Å². The standard InChI is InChI=1S/C15H16F3N3O2/c1-9-7-11(10(2)22-9)8-20-14(19)21-12-3-5-13(6-4-12)23-15(16,17)18/h3-7H,8H2,1-2H3,(H3,19,20,21). The molecule has 1 aromatic carbocycles. The Morgan fingerprint density at radius 2 is 1.91 bits per heavy atom. The first-order chi connectivity index (χ1) is 10.7. The van der Waals surface area contributed by atoms with Crippen LogP contribution in [0.1, 0.15) is 17.1 Å². The molecule has 0 aliphatic carbocycles. The minimum absolute atomic E-state index is 0.146. The number of hydrogen-bond acceptors (Lipinski definition) is 3. The fourth-order valence-corrected chi connectivity index (χ4v) is 1.94. The van der Waals surface area contributed by atoms with Gasteiger partial charge in [-0.25, -0.2) is 4.99 Å². The highest BCUT2D eigenvalue weighted by Crippen LogP contribution is 2.23. The predicted molar refractivity (Wildman–Crippen MR) is 80.3 cm³/mol. The van der Waals surface area contributed by atoms with E-state index in [2.05, 4.69) is 15.0 Å². The molecule has 2 rings (SSSR count). The number of halogens is 3. The fraction of sp³-hybridized carbons (Fsp3) is 0.267. The second-order valence-electron chi connectivity index (χ2n) is 4.84. The van der Waals surface area contributed by atoms with Gasteiger partial charge in [0.05, 0.1) is 6.54 Å². The van der Waals surface area contributed by atoms with Gasteiger partial charge >= 0.3 is 6.36 Å². The first-order valence-corrected chi connectivity index (χ1v) is 6.71. The topological polar surface area (TPSA) is 72.8 Å². The van der Waals surface area contributed by atoms with Crippen LogP contribution in [-0.2, 0) is 6.54 Å². The van der Waals surface area contributed by atoms with Gasteiger partial charge in [0.1, 0.15) is 17.3 Å². The molecular weight excluding hydrogens is 311 g/mol. The minimum atomic E-state index is -4.71. The first-order valence-electron chi connectivity index (χ1n) is 6.71. The number of ether oxygens (including phenoxy) is 1. The van der Waals surface area contributed by atoms with Gasteiger partial charge in [0, 0.05) is 11.3 Å². The van der Waals surface area contributed by atoms with Crippen molar-refractivity contribution < 1.29 is 22.3 Å². The number of rotatable bonds is 4. The summed E-state index contributed by atoms with van der Waals surface area (Å²) >= 11 is 0. The number of anilines is 1. The molecule has 0 bridgehead atoms. The van der Waals surface area contributed by atoms with Crippen LogP contribution in [0.25, 0.3) is 0 Å². The highest BCUT2D eigenvalue weighted by molar-refractivity contribution is 5.92. The molecule has 0 radical (unpaired) electrons. The molecule has 0 amide bonds. The summed E-state index contributed by atoms with van der Waals surface area (Å²) in [5.41, 5.74) is 7.17. The summed E-state index contributed by atoms with van der Waals surface area (Å²) in [5.74, 6) is 1.41. The molecule has 0 spiro atoms. The Labute approximate surface area is 131 Å². The maximum Gasteiger partial charge on any atom is 0.573 e. The molecule has 23 heavy (non-hydrogen) atoms. The maximum atomic E-state index is 12.1. The SMILES string of the molecule is Cc1cc(CN=C(N)Nc2ccc(OC(F)(F)F)cc2)c(C)o1. The van der Waals surface area contributed by atoms with Gasteiger partial charge in [-0.2, -0.15) is 0 Å². The zero-order valence-corrected chi connectivity index (χ0v) is 12.6. The molecular formula is C15H16F3N3O2. The largest absolute Gasteiger partial charge is 0.573 e. The van der Waals surface area contributed by atoms with Gasteiger partial charge in [0.15, 0.2) is 5.96 Å². The summed E-state index contributed by atoms with van der Waals surface area (Å²) in [5, 5.41) is 2.79. The van der Waals surface area contributed by atoms with Crippen LogP contribution in [0.4, 0.5) is 18.9 Å². The second kappa shape index (κ2) is 6.64. The number of nitrogens with one attached hydrogen (secondary N) is 1. The number of hydrogen-bond donors (Lipinski definition) is 2. The third-order valence-electron chi connectivity index (χ3n) is 2.92. The molecule has 0 aliphatic heterocycles. The summed E-state index contributed by atoms with van der Waals surface area (Å²) in [6.07, 6.45) is -4.71. The fourth-order valence-electron chi connectivity index (χ4n) is 1.94. The van der Waals surface area contributed by atoms with E-state index in [1.165, 1.54) is 24.3 Å². The van der Waals surface area contributed by atoms with E-state index in [4.69, 9.17) is 10.2 Å². The highest BCUT2D eigenvalue weighted by atomic mass is 19.4. The number of alkyl halides is 3. The molecule has 8 heteroatoms. The second-order valence-corrected chi connectivity index (χ2v) is 4.84. The molecule has 124 valence electrons. The Balaban J connectivity index is 1.95. The van der Waals surface area contributed by atoms with E-state index in [1.807, 2.05) is 19.9 Å². The van der Waals surface area contributed by atoms with Crippen molar-refractivity contribution in [2.45, 2.75) is 26.8 Å². The zero-order chi connectivity index (χ0) is 17.0. The number of nitrogens with two attached hydrogens (primary N) is 1. The van der Waals surface area contributed by atoms with Gasteiger partial charge < -0.3 is 20.2 Å². The van der Waals surface area contributed by atoms with E-state index < -0.39 is 6.36 Å². The Morgan fingerprint density at radius 1 is 1.26 bits per heavy atom. The molecule has 2 aromatic rings. The predicted octanol–water partition coefficient (Wildman–Crippen LogP) is 3.72. The van der Waals surface area contributed by atoms with Crippen LogP contribution in [0.3, 0.4) is 0 Å². The number of nitrogens with zero attached hydrogens (tertiary/aromatic N) is 1. The molecule has 5 nitrogen and oxygen atoms in total. The van der Waals surface area contributed by atoms with E-state index in [9.17, 15) is 13.2 Å². The Bertz CT molecular complexity index is 691. The molecule has 0 saturated carbocycles. The smallest absolute Gasteiger partial charge is 0.466 e. The maximum absolute atomic E-state index is 12.1. The first kappa shape index (κ1) is 16.7. The molecule has 1 aromatic heterocycles. The molecule has 0 aliphatic rings. The van der Waals surface area contributed by atoms with Crippen molar-refractivity contribution in [2.24, 2.45) is 10.7 Å². The number of aryl methyl sites for hydroxylation is 2. The van der Waals surface area contributed by atoms with Gasteiger partial charge in [0.2, 0.25) is 0 Å². The summed E-state index contributed by atoms with van der Waals surface area (Å²) in [6, 6.07) is 7.07. The van der Waals surface area contributed by atoms with E-state index in [-0.39, 0.29) is 11.7 Å². The lowest BCUT2D eigenvalue weighted by atomic mass is 10.2. The average Bonchev–Trinajstić information content (AvgIpc) is 2.75. The van der Waals surface area contributed by atoms with Crippen molar-refractivity contribution in [3.8, 4) is 5.75 Å². The van der Waals surface area contributed by atoms with Crippen molar-refractivity contribution in [1.82, 2.24) is 0 Å². The van der Waals surface area contributed by atoms with Crippen LogP contribution in [0.2, 0.25) is 0 Å². The van der Waals surface area contributed by atoms with Crippen LogP contribution in [0.5, 0.6) is 5.75 Å². The van der Waals surface area contributed by atoms with Crippen molar-refractivity contribution in [1.29, 1.82) is 0 Å².